The summed E-state index contributed by atoms with van der Waals surface area (Å²) in [6.45, 7) is 2.93. The van der Waals surface area contributed by atoms with Crippen molar-refractivity contribution in [1.29, 1.82) is 0 Å². The number of hydrogen-bond acceptors (Lipinski definition) is 4. The van der Waals surface area contributed by atoms with Crippen molar-refractivity contribution in [1.82, 2.24) is 15.1 Å². The van der Waals surface area contributed by atoms with Gasteiger partial charge in [0.15, 0.2) is 0 Å². The highest BCUT2D eigenvalue weighted by Crippen LogP contribution is 2.37. The van der Waals surface area contributed by atoms with Gasteiger partial charge in [-0.2, -0.15) is 16.9 Å². The van der Waals surface area contributed by atoms with E-state index in [1.165, 1.54) is 27.5 Å². The number of aromatic nitrogens is 2. The van der Waals surface area contributed by atoms with Crippen molar-refractivity contribution in [2.75, 3.05) is 12.8 Å². The van der Waals surface area contributed by atoms with E-state index in [0.29, 0.717) is 0 Å². The second-order valence-corrected chi connectivity index (χ2v) is 7.50. The van der Waals surface area contributed by atoms with E-state index in [9.17, 15) is 0 Å². The Morgan fingerprint density at radius 3 is 3.10 bits per heavy atom. The number of rotatable bonds is 4. The van der Waals surface area contributed by atoms with Gasteiger partial charge in [0.25, 0.3) is 0 Å². The van der Waals surface area contributed by atoms with Gasteiger partial charge in [0.1, 0.15) is 0 Å². The van der Waals surface area contributed by atoms with Crippen LogP contribution < -0.4 is 5.32 Å². The molecule has 3 nitrogen and oxygen atoms in total. The lowest BCUT2D eigenvalue weighted by molar-refractivity contribution is 0.567. The van der Waals surface area contributed by atoms with Crippen LogP contribution in [0.15, 0.2) is 12.3 Å². The molecule has 0 aromatic carbocycles. The van der Waals surface area contributed by atoms with Crippen molar-refractivity contribution in [2.24, 2.45) is 0 Å². The Bertz CT molecular complexity index is 582. The van der Waals surface area contributed by atoms with Crippen molar-refractivity contribution in [3.63, 3.8) is 0 Å². The zero-order valence-corrected chi connectivity index (χ0v) is 14.0. The molecular weight excluding hydrogens is 310 g/mol. The molecule has 0 saturated heterocycles. The van der Waals surface area contributed by atoms with Gasteiger partial charge in [0, 0.05) is 22.1 Å². The van der Waals surface area contributed by atoms with Crippen molar-refractivity contribution < 1.29 is 0 Å². The van der Waals surface area contributed by atoms with Gasteiger partial charge < -0.3 is 5.32 Å². The highest BCUT2D eigenvalue weighted by molar-refractivity contribution is 7.98. The van der Waals surface area contributed by atoms with Crippen LogP contribution in [0.4, 0.5) is 0 Å². The highest BCUT2D eigenvalue weighted by atomic mass is 35.5. The molecule has 0 aliphatic carbocycles. The van der Waals surface area contributed by atoms with Crippen LogP contribution in [-0.4, -0.2) is 22.6 Å². The van der Waals surface area contributed by atoms with Crippen molar-refractivity contribution in [3.05, 3.63) is 38.3 Å². The molecule has 0 radical (unpaired) electrons. The summed E-state index contributed by atoms with van der Waals surface area (Å²) < 4.78 is 1.98. The van der Waals surface area contributed by atoms with Gasteiger partial charge in [-0.25, -0.2) is 0 Å². The minimum Gasteiger partial charge on any atom is -0.307 e. The first-order valence-corrected chi connectivity index (χ1v) is 9.17. The average Bonchev–Trinajstić information content (AvgIpc) is 3.04. The van der Waals surface area contributed by atoms with Crippen LogP contribution in [-0.2, 0) is 18.7 Å². The predicted molar refractivity (Wildman–Crippen MR) is 88.0 cm³/mol. The van der Waals surface area contributed by atoms with Crippen LogP contribution in [0.5, 0.6) is 0 Å². The van der Waals surface area contributed by atoms with E-state index >= 15 is 0 Å². The smallest absolute Gasteiger partial charge is 0.0854 e. The maximum absolute atomic E-state index is 6.35. The molecule has 0 fully saturated rings. The summed E-state index contributed by atoms with van der Waals surface area (Å²) in [7, 11) is 1.99. The minimum atomic E-state index is 0.130. The first-order chi connectivity index (χ1) is 9.74. The molecule has 1 atom stereocenters. The van der Waals surface area contributed by atoms with Crippen LogP contribution in [0, 0.1) is 0 Å². The fraction of sp³-hybridized carbons (Fsp3) is 0.500. The molecule has 20 heavy (non-hydrogen) atoms. The van der Waals surface area contributed by atoms with Crippen LogP contribution in [0.3, 0.4) is 0 Å². The maximum atomic E-state index is 6.35. The zero-order valence-electron chi connectivity index (χ0n) is 11.6. The van der Waals surface area contributed by atoms with Gasteiger partial charge in [0.05, 0.1) is 23.0 Å². The van der Waals surface area contributed by atoms with E-state index in [0.717, 1.165) is 23.0 Å². The van der Waals surface area contributed by atoms with Gasteiger partial charge in [-0.15, -0.1) is 11.3 Å². The Hall–Kier alpha value is -0.490. The summed E-state index contributed by atoms with van der Waals surface area (Å²) >= 11 is 10.3. The molecule has 0 saturated carbocycles. The standard InChI is InChI=1S/C14H18ClN3S2/c1-3-18-14(10(15)7-17-18)13(16-2)12-6-9-8-19-5-4-11(9)20-12/h6-7,13,16H,3-5,8H2,1-2H3. The Labute approximate surface area is 132 Å². The molecular formula is C14H18ClN3S2. The molecule has 6 heteroatoms. The van der Waals surface area contributed by atoms with Crippen LogP contribution in [0.2, 0.25) is 5.02 Å². The molecule has 1 unspecified atom stereocenters. The molecule has 1 aliphatic heterocycles. The zero-order chi connectivity index (χ0) is 14.1. The topological polar surface area (TPSA) is 29.9 Å². The van der Waals surface area contributed by atoms with E-state index in [1.807, 2.05) is 34.8 Å². The van der Waals surface area contributed by atoms with Crippen LogP contribution in [0.1, 0.15) is 34.0 Å². The van der Waals surface area contributed by atoms with E-state index < -0.39 is 0 Å². The number of nitrogens with one attached hydrogen (secondary N) is 1. The predicted octanol–water partition coefficient (Wildman–Crippen LogP) is 3.72. The fourth-order valence-corrected chi connectivity index (χ4v) is 5.38. The van der Waals surface area contributed by atoms with Crippen LogP contribution in [0.25, 0.3) is 0 Å². The Morgan fingerprint density at radius 1 is 1.55 bits per heavy atom. The molecule has 108 valence electrons. The summed E-state index contributed by atoms with van der Waals surface area (Å²) in [5.41, 5.74) is 2.57. The number of fused-ring (bicyclic) bond motifs is 1. The lowest BCUT2D eigenvalue weighted by Crippen LogP contribution is -2.20. The Balaban J connectivity index is 2.01. The minimum absolute atomic E-state index is 0.130. The number of thioether (sulfide) groups is 1. The molecule has 1 aliphatic rings. The van der Waals surface area contributed by atoms with Gasteiger partial charge >= 0.3 is 0 Å². The normalized spacial score (nSPS) is 16.1. The third kappa shape index (κ3) is 2.52. The second kappa shape index (κ2) is 6.10. The molecule has 0 amide bonds. The van der Waals surface area contributed by atoms with Crippen LogP contribution >= 0.6 is 34.7 Å². The lowest BCUT2D eigenvalue weighted by atomic mass is 10.1. The third-order valence-corrected chi connectivity index (χ3v) is 6.23. The molecule has 2 aromatic rings. The first-order valence-electron chi connectivity index (χ1n) is 6.82. The monoisotopic (exact) mass is 327 g/mol. The molecule has 0 spiro atoms. The number of halogens is 1. The lowest BCUT2D eigenvalue weighted by Gasteiger charge is -2.16. The molecule has 3 heterocycles. The number of aryl methyl sites for hydroxylation is 2. The maximum Gasteiger partial charge on any atom is 0.0854 e. The first kappa shape index (κ1) is 14.4. The van der Waals surface area contributed by atoms with E-state index in [1.54, 1.807) is 6.20 Å². The van der Waals surface area contributed by atoms with Crippen molar-refractivity contribution in [2.45, 2.75) is 31.7 Å². The van der Waals surface area contributed by atoms with Gasteiger partial charge in [0.2, 0.25) is 0 Å². The van der Waals surface area contributed by atoms with E-state index in [-0.39, 0.29) is 6.04 Å². The summed E-state index contributed by atoms with van der Waals surface area (Å²) in [4.78, 5) is 2.88. The number of hydrogen-bond donors (Lipinski definition) is 1. The van der Waals surface area contributed by atoms with Crippen molar-refractivity contribution >= 4 is 34.7 Å². The summed E-state index contributed by atoms with van der Waals surface area (Å²) in [6, 6.07) is 2.47. The number of nitrogens with zero attached hydrogens (tertiary/aromatic N) is 2. The number of thiophene rings is 1. The average molecular weight is 328 g/mol. The summed E-state index contributed by atoms with van der Waals surface area (Å²) in [6.07, 6.45) is 2.94. The summed E-state index contributed by atoms with van der Waals surface area (Å²) in [5, 5.41) is 8.50. The third-order valence-electron chi connectivity index (χ3n) is 3.63. The van der Waals surface area contributed by atoms with E-state index in [2.05, 4.69) is 23.4 Å². The quantitative estimate of drug-likeness (QED) is 0.928. The van der Waals surface area contributed by atoms with Crippen molar-refractivity contribution in [3.8, 4) is 0 Å². The fourth-order valence-electron chi connectivity index (χ4n) is 2.64. The Kier molecular flexibility index (Phi) is 4.40. The highest BCUT2D eigenvalue weighted by Gasteiger charge is 2.24. The molecule has 2 aromatic heterocycles. The largest absolute Gasteiger partial charge is 0.307 e. The molecule has 1 N–H and O–H groups in total. The van der Waals surface area contributed by atoms with E-state index in [4.69, 9.17) is 11.6 Å². The summed E-state index contributed by atoms with van der Waals surface area (Å²) in [5.74, 6) is 2.38. The Morgan fingerprint density at radius 2 is 2.40 bits per heavy atom. The van der Waals surface area contributed by atoms with Gasteiger partial charge in [-0.3, -0.25) is 4.68 Å². The van der Waals surface area contributed by atoms with Gasteiger partial charge in [-0.1, -0.05) is 11.6 Å². The van der Waals surface area contributed by atoms with Gasteiger partial charge in [-0.05, 0) is 37.8 Å². The SMILES string of the molecule is CCn1ncc(Cl)c1C(NC)c1cc2c(s1)CCSC2. The molecule has 3 rings (SSSR count). The second-order valence-electron chi connectivity index (χ2n) is 4.81. The molecule has 0 bridgehead atoms.